The van der Waals surface area contributed by atoms with Crippen LogP contribution in [0.4, 0.5) is 5.13 Å². The quantitative estimate of drug-likeness (QED) is 0.886. The Labute approximate surface area is 151 Å². The monoisotopic (exact) mass is 361 g/mol. The Morgan fingerprint density at radius 1 is 1.52 bits per heavy atom. The van der Waals surface area contributed by atoms with Crippen molar-refractivity contribution < 1.29 is 14.3 Å². The van der Waals surface area contributed by atoms with Gasteiger partial charge < -0.3 is 14.8 Å². The van der Waals surface area contributed by atoms with E-state index in [-0.39, 0.29) is 11.9 Å². The number of carbonyl (C=O) groups is 1. The predicted octanol–water partition coefficient (Wildman–Crippen LogP) is 3.15. The van der Waals surface area contributed by atoms with Crippen LogP contribution in [0, 0.1) is 0 Å². The standard InChI is InChI=1S/C18H23N3O3S/c1-3-14(17(22)20-18-19-8-11-25-18)21-9-5-10-24-16-13(12-21)6-4-7-15(16)23-2/h4,6-8,11,14H,3,5,9-10,12H2,1-2H3,(H,19,20,22). The summed E-state index contributed by atoms with van der Waals surface area (Å²) in [6.45, 7) is 4.10. The summed E-state index contributed by atoms with van der Waals surface area (Å²) in [4.78, 5) is 19.1. The predicted molar refractivity (Wildman–Crippen MR) is 98.3 cm³/mol. The molecule has 134 valence electrons. The van der Waals surface area contributed by atoms with Crippen molar-refractivity contribution in [3.05, 3.63) is 35.3 Å². The highest BCUT2D eigenvalue weighted by Crippen LogP contribution is 2.33. The van der Waals surface area contributed by atoms with Gasteiger partial charge in [-0.1, -0.05) is 19.1 Å². The third-order valence-corrected chi connectivity index (χ3v) is 4.97. The van der Waals surface area contributed by atoms with E-state index < -0.39 is 0 Å². The number of rotatable bonds is 5. The normalized spacial score (nSPS) is 16.1. The molecule has 25 heavy (non-hydrogen) atoms. The number of hydrogen-bond donors (Lipinski definition) is 1. The van der Waals surface area contributed by atoms with Gasteiger partial charge in [0.05, 0.1) is 19.8 Å². The van der Waals surface area contributed by atoms with Gasteiger partial charge in [-0.2, -0.15) is 0 Å². The van der Waals surface area contributed by atoms with Crippen molar-refractivity contribution in [2.24, 2.45) is 0 Å². The third-order valence-electron chi connectivity index (χ3n) is 4.28. The smallest absolute Gasteiger partial charge is 0.243 e. The van der Waals surface area contributed by atoms with Crippen molar-refractivity contribution in [2.45, 2.75) is 32.4 Å². The van der Waals surface area contributed by atoms with Crippen molar-refractivity contribution in [3.63, 3.8) is 0 Å². The van der Waals surface area contributed by atoms with Gasteiger partial charge in [0.25, 0.3) is 0 Å². The highest BCUT2D eigenvalue weighted by Gasteiger charge is 2.27. The minimum atomic E-state index is -0.207. The average Bonchev–Trinajstić information content (AvgIpc) is 3.10. The third kappa shape index (κ3) is 4.11. The molecule has 1 unspecified atom stereocenters. The van der Waals surface area contributed by atoms with Gasteiger partial charge in [0.15, 0.2) is 16.6 Å². The summed E-state index contributed by atoms with van der Waals surface area (Å²) in [5.41, 5.74) is 1.04. The number of thiazole rings is 1. The maximum absolute atomic E-state index is 12.7. The molecule has 1 aromatic carbocycles. The largest absolute Gasteiger partial charge is 0.493 e. The SMILES string of the molecule is CCC(C(=O)Nc1nccs1)N1CCCOc2c(cccc2OC)C1. The fourth-order valence-corrected chi connectivity index (χ4v) is 3.63. The van der Waals surface area contributed by atoms with Crippen molar-refractivity contribution in [3.8, 4) is 11.5 Å². The van der Waals surface area contributed by atoms with Gasteiger partial charge in [-0.15, -0.1) is 11.3 Å². The second-order valence-corrected chi connectivity index (χ2v) is 6.77. The van der Waals surface area contributed by atoms with E-state index in [1.807, 2.05) is 30.5 Å². The summed E-state index contributed by atoms with van der Waals surface area (Å²) in [6, 6.07) is 5.68. The number of ether oxygens (including phenoxy) is 2. The Hall–Kier alpha value is -2.12. The van der Waals surface area contributed by atoms with Gasteiger partial charge >= 0.3 is 0 Å². The molecule has 1 aliphatic heterocycles. The maximum atomic E-state index is 12.7. The molecule has 1 aliphatic rings. The van der Waals surface area contributed by atoms with Crippen LogP contribution in [0.25, 0.3) is 0 Å². The topological polar surface area (TPSA) is 63.7 Å². The number of nitrogens with zero attached hydrogens (tertiary/aromatic N) is 2. The molecule has 0 fully saturated rings. The molecule has 0 saturated heterocycles. The number of para-hydroxylation sites is 1. The van der Waals surface area contributed by atoms with Crippen LogP contribution >= 0.6 is 11.3 Å². The first-order valence-electron chi connectivity index (χ1n) is 8.46. The van der Waals surface area contributed by atoms with Crippen LogP contribution in [0.2, 0.25) is 0 Å². The van der Waals surface area contributed by atoms with E-state index in [2.05, 4.69) is 15.2 Å². The number of aromatic nitrogens is 1. The lowest BCUT2D eigenvalue weighted by Crippen LogP contribution is -2.44. The summed E-state index contributed by atoms with van der Waals surface area (Å²) >= 11 is 1.43. The number of benzene rings is 1. The molecule has 0 saturated carbocycles. The first kappa shape index (κ1) is 17.7. The number of hydrogen-bond acceptors (Lipinski definition) is 6. The Morgan fingerprint density at radius 2 is 2.40 bits per heavy atom. The Morgan fingerprint density at radius 3 is 3.12 bits per heavy atom. The number of anilines is 1. The molecule has 0 aliphatic carbocycles. The molecule has 2 aromatic rings. The van der Waals surface area contributed by atoms with Crippen molar-refractivity contribution in [2.75, 3.05) is 25.6 Å². The Kier molecular flexibility index (Phi) is 5.88. The lowest BCUT2D eigenvalue weighted by atomic mass is 10.1. The Balaban J connectivity index is 1.80. The number of carbonyl (C=O) groups excluding carboxylic acids is 1. The molecule has 1 atom stereocenters. The van der Waals surface area contributed by atoms with Gasteiger partial charge in [-0.3, -0.25) is 9.69 Å². The second kappa shape index (κ2) is 8.31. The van der Waals surface area contributed by atoms with Crippen LogP contribution in [0.5, 0.6) is 11.5 Å². The summed E-state index contributed by atoms with van der Waals surface area (Å²) in [6.07, 6.45) is 3.28. The van der Waals surface area contributed by atoms with E-state index in [0.717, 1.165) is 36.4 Å². The lowest BCUT2D eigenvalue weighted by Gasteiger charge is -2.32. The first-order chi connectivity index (χ1) is 12.2. The summed E-state index contributed by atoms with van der Waals surface area (Å²) in [5.74, 6) is 1.51. The number of nitrogens with one attached hydrogen (secondary N) is 1. The van der Waals surface area contributed by atoms with E-state index >= 15 is 0 Å². The maximum Gasteiger partial charge on any atom is 0.243 e. The first-order valence-corrected chi connectivity index (χ1v) is 9.34. The Bertz CT molecular complexity index is 706. The highest BCUT2D eigenvalue weighted by molar-refractivity contribution is 7.13. The van der Waals surface area contributed by atoms with E-state index in [1.54, 1.807) is 13.3 Å². The molecule has 0 radical (unpaired) electrons. The van der Waals surface area contributed by atoms with Gasteiger partial charge in [0.2, 0.25) is 5.91 Å². The van der Waals surface area contributed by atoms with E-state index in [4.69, 9.17) is 9.47 Å². The van der Waals surface area contributed by atoms with Crippen LogP contribution in [0.3, 0.4) is 0 Å². The van der Waals surface area contributed by atoms with Crippen molar-refractivity contribution in [1.82, 2.24) is 9.88 Å². The molecule has 3 rings (SSSR count). The van der Waals surface area contributed by atoms with Gasteiger partial charge in [-0.25, -0.2) is 4.98 Å². The molecule has 2 heterocycles. The van der Waals surface area contributed by atoms with E-state index in [1.165, 1.54) is 11.3 Å². The van der Waals surface area contributed by atoms with Gasteiger partial charge in [-0.05, 0) is 18.9 Å². The molecule has 0 bridgehead atoms. The number of amides is 1. The fraction of sp³-hybridized carbons (Fsp3) is 0.444. The highest BCUT2D eigenvalue weighted by atomic mass is 32.1. The molecule has 7 heteroatoms. The molecule has 1 amide bonds. The molecular formula is C18H23N3O3S. The van der Waals surface area contributed by atoms with E-state index in [9.17, 15) is 4.79 Å². The van der Waals surface area contributed by atoms with Crippen LogP contribution in [0.1, 0.15) is 25.3 Å². The minimum Gasteiger partial charge on any atom is -0.493 e. The molecule has 1 N–H and O–H groups in total. The van der Waals surface area contributed by atoms with Gasteiger partial charge in [0.1, 0.15) is 0 Å². The summed E-state index contributed by atoms with van der Waals surface area (Å²) < 4.78 is 11.3. The number of fused-ring (bicyclic) bond motifs is 1. The number of methoxy groups -OCH3 is 1. The lowest BCUT2D eigenvalue weighted by molar-refractivity contribution is -0.121. The summed E-state index contributed by atoms with van der Waals surface area (Å²) in [7, 11) is 1.64. The van der Waals surface area contributed by atoms with Crippen LogP contribution in [0.15, 0.2) is 29.8 Å². The zero-order valence-electron chi connectivity index (χ0n) is 14.5. The molecular weight excluding hydrogens is 338 g/mol. The zero-order chi connectivity index (χ0) is 17.6. The molecule has 1 aromatic heterocycles. The minimum absolute atomic E-state index is 0.0108. The van der Waals surface area contributed by atoms with Crippen LogP contribution in [-0.4, -0.2) is 42.1 Å². The summed E-state index contributed by atoms with van der Waals surface area (Å²) in [5, 5.41) is 5.42. The van der Waals surface area contributed by atoms with Crippen LogP contribution in [-0.2, 0) is 11.3 Å². The fourth-order valence-electron chi connectivity index (χ4n) is 3.10. The van der Waals surface area contributed by atoms with Gasteiger partial charge in [0, 0.05) is 30.2 Å². The molecule has 6 nitrogen and oxygen atoms in total. The zero-order valence-corrected chi connectivity index (χ0v) is 15.3. The van der Waals surface area contributed by atoms with Crippen molar-refractivity contribution >= 4 is 22.4 Å². The average molecular weight is 361 g/mol. The van der Waals surface area contributed by atoms with E-state index in [0.29, 0.717) is 18.3 Å². The second-order valence-electron chi connectivity index (χ2n) is 5.87. The molecule has 0 spiro atoms. The van der Waals surface area contributed by atoms with Crippen molar-refractivity contribution in [1.29, 1.82) is 0 Å². The van der Waals surface area contributed by atoms with Crippen LogP contribution < -0.4 is 14.8 Å².